The zero-order chi connectivity index (χ0) is 16.2. The van der Waals surface area contributed by atoms with E-state index in [4.69, 9.17) is 0 Å². The Balaban J connectivity index is 1.66. The molecule has 1 saturated heterocycles. The fourth-order valence-electron chi connectivity index (χ4n) is 3.02. The van der Waals surface area contributed by atoms with Crippen LogP contribution in [0, 0.1) is 0 Å². The average Bonchev–Trinajstić information content (AvgIpc) is 2.95. The Morgan fingerprint density at radius 1 is 1.09 bits per heavy atom. The van der Waals surface area contributed by atoms with Gasteiger partial charge in [-0.3, -0.25) is 9.48 Å². The van der Waals surface area contributed by atoms with Gasteiger partial charge in [-0.05, 0) is 19.0 Å². The summed E-state index contributed by atoms with van der Waals surface area (Å²) in [6.45, 7) is 3.61. The Bertz CT molecular complexity index is 657. The predicted octanol–water partition coefficient (Wildman–Crippen LogP) is 1.79. The van der Waals surface area contributed by atoms with E-state index in [1.54, 1.807) is 0 Å². The number of likely N-dealkylation sites (N-methyl/N-ethyl adjacent to an activating group) is 1. The number of carbonyl (C=O) groups is 1. The molecule has 0 saturated carbocycles. The number of benzene rings is 1. The number of carbonyl (C=O) groups excluding carboxylic acids is 1. The monoisotopic (exact) mass is 312 g/mol. The van der Waals surface area contributed by atoms with Crippen molar-refractivity contribution in [3.05, 3.63) is 42.1 Å². The number of amides is 1. The van der Waals surface area contributed by atoms with E-state index in [1.807, 2.05) is 41.0 Å². The van der Waals surface area contributed by atoms with E-state index in [1.165, 1.54) is 0 Å². The fourth-order valence-corrected chi connectivity index (χ4v) is 3.02. The summed E-state index contributed by atoms with van der Waals surface area (Å²) >= 11 is 0. The zero-order valence-electron chi connectivity index (χ0n) is 13.9. The summed E-state index contributed by atoms with van der Waals surface area (Å²) in [7, 11) is 4.03. The van der Waals surface area contributed by atoms with E-state index in [0.717, 1.165) is 49.4 Å². The van der Waals surface area contributed by atoms with Crippen molar-refractivity contribution in [3.8, 4) is 11.3 Å². The van der Waals surface area contributed by atoms with Crippen molar-refractivity contribution in [2.45, 2.75) is 12.8 Å². The molecular formula is C18H24N4O. The van der Waals surface area contributed by atoms with Gasteiger partial charge in [0.2, 0.25) is 5.91 Å². The van der Waals surface area contributed by atoms with Crippen molar-refractivity contribution >= 4 is 5.91 Å². The Hall–Kier alpha value is -2.14. The van der Waals surface area contributed by atoms with Gasteiger partial charge in [-0.1, -0.05) is 30.3 Å². The van der Waals surface area contributed by atoms with Crippen LogP contribution in [0.4, 0.5) is 0 Å². The van der Waals surface area contributed by atoms with Crippen molar-refractivity contribution in [2.24, 2.45) is 7.05 Å². The molecule has 1 amide bonds. The van der Waals surface area contributed by atoms with Gasteiger partial charge in [0.25, 0.3) is 0 Å². The molecule has 1 aromatic carbocycles. The molecule has 2 aromatic rings. The van der Waals surface area contributed by atoms with Crippen LogP contribution in [0.5, 0.6) is 0 Å². The van der Waals surface area contributed by atoms with Crippen molar-refractivity contribution in [2.75, 3.05) is 33.2 Å². The highest BCUT2D eigenvalue weighted by Crippen LogP contribution is 2.23. The Labute approximate surface area is 137 Å². The Morgan fingerprint density at radius 3 is 2.48 bits per heavy atom. The molecule has 5 heteroatoms. The van der Waals surface area contributed by atoms with Gasteiger partial charge in [0.15, 0.2) is 0 Å². The second-order valence-electron chi connectivity index (χ2n) is 6.23. The fraction of sp³-hybridized carbons (Fsp3) is 0.444. The van der Waals surface area contributed by atoms with Gasteiger partial charge < -0.3 is 9.80 Å². The number of hydrogen-bond acceptors (Lipinski definition) is 3. The van der Waals surface area contributed by atoms with Gasteiger partial charge in [0, 0.05) is 51.4 Å². The molecule has 122 valence electrons. The lowest BCUT2D eigenvalue weighted by atomic mass is 10.0. The lowest BCUT2D eigenvalue weighted by molar-refractivity contribution is -0.132. The Morgan fingerprint density at radius 2 is 1.78 bits per heavy atom. The molecule has 0 radical (unpaired) electrons. The van der Waals surface area contributed by atoms with Crippen LogP contribution in [0.1, 0.15) is 12.0 Å². The minimum Gasteiger partial charge on any atom is -0.340 e. The predicted molar refractivity (Wildman–Crippen MR) is 91.0 cm³/mol. The summed E-state index contributed by atoms with van der Waals surface area (Å²) in [6, 6.07) is 10.2. The van der Waals surface area contributed by atoms with Crippen LogP contribution in [0.15, 0.2) is 36.5 Å². The molecule has 0 unspecified atom stereocenters. The normalized spacial score (nSPS) is 15.8. The molecular weight excluding hydrogens is 288 g/mol. The number of hydrogen-bond donors (Lipinski definition) is 0. The molecule has 0 N–H and O–H groups in total. The first kappa shape index (κ1) is 15.7. The number of nitrogens with zero attached hydrogens (tertiary/aromatic N) is 4. The highest BCUT2D eigenvalue weighted by molar-refractivity contribution is 5.77. The molecule has 1 aliphatic rings. The minimum atomic E-state index is 0.251. The summed E-state index contributed by atoms with van der Waals surface area (Å²) in [6.07, 6.45) is 3.32. The highest BCUT2D eigenvalue weighted by Gasteiger charge is 2.19. The first-order valence-electron chi connectivity index (χ1n) is 8.18. The van der Waals surface area contributed by atoms with Crippen LogP contribution in [0.2, 0.25) is 0 Å². The smallest absolute Gasteiger partial charge is 0.222 e. The van der Waals surface area contributed by atoms with Gasteiger partial charge in [-0.2, -0.15) is 5.10 Å². The van der Waals surface area contributed by atoms with Gasteiger partial charge in [-0.15, -0.1) is 0 Å². The minimum absolute atomic E-state index is 0.251. The second-order valence-corrected chi connectivity index (χ2v) is 6.23. The van der Waals surface area contributed by atoms with E-state index in [9.17, 15) is 4.79 Å². The Kier molecular flexibility index (Phi) is 4.76. The molecule has 2 heterocycles. The molecule has 23 heavy (non-hydrogen) atoms. The highest BCUT2D eigenvalue weighted by atomic mass is 16.2. The lowest BCUT2D eigenvalue weighted by Crippen LogP contribution is -2.47. The SMILES string of the molecule is CN1CCN(C(=O)CCc2cn(C)nc2-c2ccccc2)CC1. The maximum atomic E-state index is 12.4. The van der Waals surface area contributed by atoms with E-state index in [0.29, 0.717) is 6.42 Å². The first-order valence-corrected chi connectivity index (χ1v) is 8.18. The molecule has 0 atom stereocenters. The molecule has 1 aliphatic heterocycles. The topological polar surface area (TPSA) is 41.4 Å². The molecule has 0 aliphatic carbocycles. The van der Waals surface area contributed by atoms with Gasteiger partial charge in [0.05, 0.1) is 5.69 Å². The van der Waals surface area contributed by atoms with Crippen LogP contribution >= 0.6 is 0 Å². The quantitative estimate of drug-likeness (QED) is 0.864. The summed E-state index contributed by atoms with van der Waals surface area (Å²) in [5.74, 6) is 0.251. The van der Waals surface area contributed by atoms with Gasteiger partial charge >= 0.3 is 0 Å². The van der Waals surface area contributed by atoms with E-state index in [2.05, 4.69) is 29.2 Å². The molecule has 1 aromatic heterocycles. The lowest BCUT2D eigenvalue weighted by Gasteiger charge is -2.32. The third-order valence-electron chi connectivity index (χ3n) is 4.42. The van der Waals surface area contributed by atoms with Crippen molar-refractivity contribution in [3.63, 3.8) is 0 Å². The molecule has 0 bridgehead atoms. The van der Waals surface area contributed by atoms with Crippen LogP contribution < -0.4 is 0 Å². The molecule has 5 nitrogen and oxygen atoms in total. The molecule has 0 spiro atoms. The number of rotatable bonds is 4. The standard InChI is InChI=1S/C18H24N4O/c1-20-10-12-22(13-11-20)17(23)9-8-16-14-21(2)19-18(16)15-6-4-3-5-7-15/h3-7,14H,8-13H2,1-2H3. The largest absolute Gasteiger partial charge is 0.340 e. The second kappa shape index (κ2) is 6.96. The number of aromatic nitrogens is 2. The first-order chi connectivity index (χ1) is 11.1. The third-order valence-corrected chi connectivity index (χ3v) is 4.42. The van der Waals surface area contributed by atoms with Crippen LogP contribution in [-0.2, 0) is 18.3 Å². The zero-order valence-corrected chi connectivity index (χ0v) is 13.9. The summed E-state index contributed by atoms with van der Waals surface area (Å²) in [4.78, 5) is 16.7. The average molecular weight is 312 g/mol. The maximum absolute atomic E-state index is 12.4. The third kappa shape index (κ3) is 3.79. The summed E-state index contributed by atoms with van der Waals surface area (Å²) in [5, 5.41) is 4.57. The van der Waals surface area contributed by atoms with Gasteiger partial charge in [0.1, 0.15) is 0 Å². The van der Waals surface area contributed by atoms with Gasteiger partial charge in [-0.25, -0.2) is 0 Å². The number of piperazine rings is 1. The van der Waals surface area contributed by atoms with Crippen molar-refractivity contribution in [1.29, 1.82) is 0 Å². The van der Waals surface area contributed by atoms with E-state index >= 15 is 0 Å². The van der Waals surface area contributed by atoms with Crippen LogP contribution in [-0.4, -0.2) is 58.7 Å². The van der Waals surface area contributed by atoms with Crippen LogP contribution in [0.3, 0.4) is 0 Å². The van der Waals surface area contributed by atoms with Crippen molar-refractivity contribution < 1.29 is 4.79 Å². The van der Waals surface area contributed by atoms with Crippen LogP contribution in [0.25, 0.3) is 11.3 Å². The maximum Gasteiger partial charge on any atom is 0.222 e. The van der Waals surface area contributed by atoms with E-state index < -0.39 is 0 Å². The van der Waals surface area contributed by atoms with Crippen molar-refractivity contribution in [1.82, 2.24) is 19.6 Å². The molecule has 3 rings (SSSR count). The van der Waals surface area contributed by atoms with E-state index in [-0.39, 0.29) is 5.91 Å². The number of aryl methyl sites for hydroxylation is 2. The molecule has 1 fully saturated rings. The summed E-state index contributed by atoms with van der Waals surface area (Å²) < 4.78 is 1.83. The summed E-state index contributed by atoms with van der Waals surface area (Å²) in [5.41, 5.74) is 3.23.